The van der Waals surface area contributed by atoms with E-state index >= 15 is 0 Å². The molecule has 1 atom stereocenters. The third-order valence-corrected chi connectivity index (χ3v) is 4.78. The Bertz CT molecular complexity index is 795. The number of benzene rings is 2. The lowest BCUT2D eigenvalue weighted by Crippen LogP contribution is -2.46. The average Bonchev–Trinajstić information content (AvgIpc) is 2.63. The number of rotatable bonds is 6. The topological polar surface area (TPSA) is 58.6 Å². The van der Waals surface area contributed by atoms with Crippen LogP contribution in [0.2, 0.25) is 0 Å². The summed E-state index contributed by atoms with van der Waals surface area (Å²) in [5, 5.41) is 2.98. The molecule has 1 aliphatic rings. The summed E-state index contributed by atoms with van der Waals surface area (Å²) < 4.78 is 6.31. The summed E-state index contributed by atoms with van der Waals surface area (Å²) >= 11 is 3.38. The monoisotopic (exact) mass is 416 g/mol. The molecule has 0 radical (unpaired) electrons. The predicted molar refractivity (Wildman–Crippen MR) is 104 cm³/mol. The van der Waals surface area contributed by atoms with Crippen molar-refractivity contribution >= 4 is 33.4 Å². The number of nitrogens with zero attached hydrogens (tertiary/aromatic N) is 1. The Labute approximate surface area is 161 Å². The van der Waals surface area contributed by atoms with Crippen LogP contribution in [0, 0.1) is 0 Å². The molecule has 0 fully saturated rings. The Morgan fingerprint density at radius 1 is 1.27 bits per heavy atom. The molecule has 0 aliphatic carbocycles. The highest BCUT2D eigenvalue weighted by atomic mass is 79.9. The second-order valence-corrected chi connectivity index (χ2v) is 7.29. The summed E-state index contributed by atoms with van der Waals surface area (Å²) in [5.41, 5.74) is 1.87. The number of fused-ring (bicyclic) bond motifs is 1. The van der Waals surface area contributed by atoms with Crippen molar-refractivity contribution in [3.63, 3.8) is 0 Å². The maximum absolute atomic E-state index is 12.4. The number of halogens is 1. The number of hydrogen-bond acceptors (Lipinski definition) is 3. The molecule has 0 saturated carbocycles. The van der Waals surface area contributed by atoms with E-state index in [4.69, 9.17) is 4.74 Å². The Hall–Kier alpha value is -2.34. The largest absolute Gasteiger partial charge is 0.482 e. The van der Waals surface area contributed by atoms with Crippen LogP contribution in [0.3, 0.4) is 0 Å². The molecule has 1 unspecified atom stereocenters. The van der Waals surface area contributed by atoms with Crippen molar-refractivity contribution in [2.75, 3.05) is 18.1 Å². The maximum atomic E-state index is 12.4. The van der Waals surface area contributed by atoms with E-state index in [0.717, 1.165) is 17.3 Å². The van der Waals surface area contributed by atoms with Crippen LogP contribution >= 0.6 is 15.9 Å². The molecule has 2 aromatic carbocycles. The van der Waals surface area contributed by atoms with E-state index in [1.807, 2.05) is 31.2 Å². The molecule has 0 bridgehead atoms. The van der Waals surface area contributed by atoms with Crippen molar-refractivity contribution in [3.05, 3.63) is 58.6 Å². The normalized spacial score (nSPS) is 14.4. The second-order valence-electron chi connectivity index (χ2n) is 6.37. The fraction of sp³-hybridized carbons (Fsp3) is 0.300. The van der Waals surface area contributed by atoms with Crippen molar-refractivity contribution in [1.29, 1.82) is 0 Å². The lowest BCUT2D eigenvalue weighted by atomic mass is 10.1. The van der Waals surface area contributed by atoms with Gasteiger partial charge in [0.1, 0.15) is 12.3 Å². The van der Waals surface area contributed by atoms with E-state index in [1.54, 1.807) is 12.1 Å². The number of nitrogens with one attached hydrogen (secondary N) is 1. The summed E-state index contributed by atoms with van der Waals surface area (Å²) in [4.78, 5) is 26.1. The number of anilines is 1. The number of carbonyl (C=O) groups excluding carboxylic acids is 2. The number of ether oxygens (including phenoxy) is 1. The molecule has 5 nitrogen and oxygen atoms in total. The van der Waals surface area contributed by atoms with Gasteiger partial charge < -0.3 is 10.1 Å². The molecule has 6 heteroatoms. The highest BCUT2D eigenvalue weighted by Crippen LogP contribution is 2.34. The van der Waals surface area contributed by atoms with Gasteiger partial charge in [-0.05, 0) is 43.5 Å². The van der Waals surface area contributed by atoms with E-state index in [-0.39, 0.29) is 31.0 Å². The van der Waals surface area contributed by atoms with Crippen molar-refractivity contribution in [2.45, 2.75) is 25.8 Å². The van der Waals surface area contributed by atoms with Crippen molar-refractivity contribution in [2.24, 2.45) is 0 Å². The molecule has 136 valence electrons. The molecule has 1 heterocycles. The lowest BCUT2D eigenvalue weighted by molar-refractivity contribution is -0.125. The minimum absolute atomic E-state index is 0.00744. The van der Waals surface area contributed by atoms with Gasteiger partial charge in [0.2, 0.25) is 5.91 Å². The van der Waals surface area contributed by atoms with Crippen molar-refractivity contribution < 1.29 is 14.3 Å². The molecular weight excluding hydrogens is 396 g/mol. The Kier molecular flexibility index (Phi) is 5.93. The molecule has 2 aromatic rings. The van der Waals surface area contributed by atoms with Crippen LogP contribution in [0.1, 0.15) is 18.9 Å². The zero-order valence-electron chi connectivity index (χ0n) is 14.6. The van der Waals surface area contributed by atoms with Gasteiger partial charge in [0.25, 0.3) is 5.91 Å². The number of amides is 2. The lowest BCUT2D eigenvalue weighted by Gasteiger charge is -2.29. The summed E-state index contributed by atoms with van der Waals surface area (Å²) in [5.74, 6) is 0.213. The third kappa shape index (κ3) is 4.64. The van der Waals surface area contributed by atoms with Gasteiger partial charge in [0.15, 0.2) is 6.61 Å². The van der Waals surface area contributed by atoms with Gasteiger partial charge in [0.05, 0.1) is 5.69 Å². The first kappa shape index (κ1) is 18.5. The molecule has 0 spiro atoms. The molecule has 0 aromatic heterocycles. The molecule has 0 saturated heterocycles. The molecule has 2 amide bonds. The zero-order valence-corrected chi connectivity index (χ0v) is 16.2. The van der Waals surface area contributed by atoms with Crippen LogP contribution in [0.5, 0.6) is 5.75 Å². The van der Waals surface area contributed by atoms with Gasteiger partial charge in [-0.25, -0.2) is 0 Å². The van der Waals surface area contributed by atoms with Gasteiger partial charge in [0, 0.05) is 10.5 Å². The van der Waals surface area contributed by atoms with Crippen LogP contribution in [0.15, 0.2) is 53.0 Å². The van der Waals surface area contributed by atoms with E-state index in [2.05, 4.69) is 33.4 Å². The van der Waals surface area contributed by atoms with Gasteiger partial charge >= 0.3 is 0 Å². The Morgan fingerprint density at radius 3 is 2.81 bits per heavy atom. The fourth-order valence-electron chi connectivity index (χ4n) is 2.92. The van der Waals surface area contributed by atoms with Crippen LogP contribution in [-0.4, -0.2) is 31.0 Å². The Morgan fingerprint density at radius 2 is 2.04 bits per heavy atom. The van der Waals surface area contributed by atoms with E-state index in [0.29, 0.717) is 11.4 Å². The quantitative estimate of drug-likeness (QED) is 0.785. The van der Waals surface area contributed by atoms with E-state index in [9.17, 15) is 9.59 Å². The fourth-order valence-corrected chi connectivity index (χ4v) is 3.26. The van der Waals surface area contributed by atoms with Gasteiger partial charge in [-0.3, -0.25) is 14.5 Å². The van der Waals surface area contributed by atoms with Crippen LogP contribution in [0.4, 0.5) is 5.69 Å². The van der Waals surface area contributed by atoms with Gasteiger partial charge in [-0.2, -0.15) is 0 Å². The summed E-state index contributed by atoms with van der Waals surface area (Å²) in [6.07, 6.45) is 1.74. The number of carbonyl (C=O) groups is 2. The SMILES string of the molecule is CC(CCc1ccccc1)NC(=O)CN1C(=O)COc2cc(Br)ccc21. The molecule has 26 heavy (non-hydrogen) atoms. The molecular formula is C20H21BrN2O3. The van der Waals surface area contributed by atoms with Gasteiger partial charge in [-0.1, -0.05) is 46.3 Å². The predicted octanol–water partition coefficient (Wildman–Crippen LogP) is 3.31. The maximum Gasteiger partial charge on any atom is 0.265 e. The first-order valence-corrected chi connectivity index (χ1v) is 9.38. The average molecular weight is 417 g/mol. The van der Waals surface area contributed by atoms with E-state index in [1.165, 1.54) is 10.5 Å². The minimum atomic E-state index is -0.216. The standard InChI is InChI=1S/C20H21BrN2O3/c1-14(7-8-15-5-3-2-4-6-15)22-19(24)12-23-17-10-9-16(21)11-18(17)26-13-20(23)25/h2-6,9-11,14H,7-8,12-13H2,1H3,(H,22,24). The molecule has 1 N–H and O–H groups in total. The summed E-state index contributed by atoms with van der Waals surface area (Å²) in [7, 11) is 0. The minimum Gasteiger partial charge on any atom is -0.482 e. The smallest absolute Gasteiger partial charge is 0.265 e. The first-order chi connectivity index (χ1) is 12.5. The Balaban J connectivity index is 1.57. The van der Waals surface area contributed by atoms with Crippen LogP contribution in [-0.2, 0) is 16.0 Å². The second kappa shape index (κ2) is 8.36. The highest BCUT2D eigenvalue weighted by Gasteiger charge is 2.27. The zero-order chi connectivity index (χ0) is 18.5. The van der Waals surface area contributed by atoms with Gasteiger partial charge in [-0.15, -0.1) is 0 Å². The number of aryl methyl sites for hydroxylation is 1. The molecule has 3 rings (SSSR count). The first-order valence-electron chi connectivity index (χ1n) is 8.59. The van der Waals surface area contributed by atoms with Crippen molar-refractivity contribution in [1.82, 2.24) is 5.32 Å². The van der Waals surface area contributed by atoms with Crippen LogP contribution < -0.4 is 15.0 Å². The third-order valence-electron chi connectivity index (χ3n) is 4.28. The summed E-state index contributed by atoms with van der Waals surface area (Å²) in [6.45, 7) is 1.92. The van der Waals surface area contributed by atoms with E-state index < -0.39 is 0 Å². The van der Waals surface area contributed by atoms with Crippen molar-refractivity contribution in [3.8, 4) is 5.75 Å². The molecule has 1 aliphatic heterocycles. The highest BCUT2D eigenvalue weighted by molar-refractivity contribution is 9.10. The van der Waals surface area contributed by atoms with Crippen LogP contribution in [0.25, 0.3) is 0 Å². The summed E-state index contributed by atoms with van der Waals surface area (Å²) in [6, 6.07) is 15.6. The number of hydrogen-bond donors (Lipinski definition) is 1.